The van der Waals surface area contributed by atoms with E-state index in [1.54, 1.807) is 13.2 Å². The van der Waals surface area contributed by atoms with Crippen LogP contribution in [0, 0.1) is 5.92 Å². The predicted molar refractivity (Wildman–Crippen MR) is 66.0 cm³/mol. The first kappa shape index (κ1) is 12.1. The van der Waals surface area contributed by atoms with Crippen molar-refractivity contribution in [1.82, 2.24) is 15.3 Å². The lowest BCUT2D eigenvalue weighted by atomic mass is 9.97. The van der Waals surface area contributed by atoms with Crippen LogP contribution in [0.25, 0.3) is 0 Å². The molecule has 0 bridgehead atoms. The lowest BCUT2D eigenvalue weighted by Crippen LogP contribution is -2.42. The lowest BCUT2D eigenvalue weighted by molar-refractivity contribution is -0.124. The Morgan fingerprint density at radius 2 is 2.41 bits per heavy atom. The van der Waals surface area contributed by atoms with E-state index < -0.39 is 0 Å². The molecule has 6 heteroatoms. The summed E-state index contributed by atoms with van der Waals surface area (Å²) < 4.78 is 0. The van der Waals surface area contributed by atoms with E-state index in [1.165, 1.54) is 6.20 Å². The van der Waals surface area contributed by atoms with Crippen LogP contribution in [0.3, 0.4) is 0 Å². The number of nitrogens with one attached hydrogen (secondary N) is 1. The Kier molecular flexibility index (Phi) is 3.78. The number of hydrogen-bond acceptors (Lipinski definition) is 4. The van der Waals surface area contributed by atoms with E-state index in [1.807, 2.05) is 0 Å². The number of carbonyl (C=O) groups excluding carboxylic acids is 1. The molecule has 1 amide bonds. The first-order valence-electron chi connectivity index (χ1n) is 5.65. The van der Waals surface area contributed by atoms with Gasteiger partial charge in [0.15, 0.2) is 0 Å². The topological polar surface area (TPSA) is 58.1 Å². The highest BCUT2D eigenvalue weighted by atomic mass is 35.5. The first-order valence-corrected chi connectivity index (χ1v) is 6.02. The maximum Gasteiger partial charge on any atom is 0.224 e. The van der Waals surface area contributed by atoms with Crippen LogP contribution in [-0.2, 0) is 4.79 Å². The van der Waals surface area contributed by atoms with Crippen molar-refractivity contribution < 1.29 is 4.79 Å². The number of rotatable bonds is 2. The molecule has 1 fully saturated rings. The first-order chi connectivity index (χ1) is 8.20. The minimum absolute atomic E-state index is 0.0227. The van der Waals surface area contributed by atoms with Crippen molar-refractivity contribution >= 4 is 23.3 Å². The van der Waals surface area contributed by atoms with Crippen LogP contribution >= 0.6 is 11.6 Å². The second-order valence-corrected chi connectivity index (χ2v) is 4.49. The molecule has 0 saturated carbocycles. The fourth-order valence-electron chi connectivity index (χ4n) is 2.09. The van der Waals surface area contributed by atoms with E-state index in [-0.39, 0.29) is 11.8 Å². The molecule has 1 saturated heterocycles. The van der Waals surface area contributed by atoms with Gasteiger partial charge in [0.2, 0.25) is 5.91 Å². The van der Waals surface area contributed by atoms with E-state index in [0.717, 1.165) is 25.2 Å². The predicted octanol–water partition coefficient (Wildman–Crippen LogP) is 1.09. The number of carbonyl (C=O) groups is 1. The molecule has 1 N–H and O–H groups in total. The van der Waals surface area contributed by atoms with E-state index in [9.17, 15) is 4.79 Å². The van der Waals surface area contributed by atoms with Crippen LogP contribution in [0.2, 0.25) is 5.15 Å². The summed E-state index contributed by atoms with van der Waals surface area (Å²) >= 11 is 5.81. The summed E-state index contributed by atoms with van der Waals surface area (Å²) in [6.07, 6.45) is 5.08. The zero-order chi connectivity index (χ0) is 12.3. The van der Waals surface area contributed by atoms with Gasteiger partial charge in [-0.05, 0) is 12.8 Å². The SMILES string of the molecule is CNC(=O)C1CCCN(c2cncc(Cl)n2)C1. The zero-order valence-corrected chi connectivity index (χ0v) is 10.4. The number of halogens is 1. The molecule has 1 aliphatic rings. The fourth-order valence-corrected chi connectivity index (χ4v) is 2.23. The Balaban J connectivity index is 2.09. The third kappa shape index (κ3) is 2.85. The van der Waals surface area contributed by atoms with Crippen molar-refractivity contribution in [2.24, 2.45) is 5.92 Å². The van der Waals surface area contributed by atoms with Crippen molar-refractivity contribution in [3.8, 4) is 0 Å². The van der Waals surface area contributed by atoms with Gasteiger partial charge in [-0.3, -0.25) is 9.78 Å². The average Bonchev–Trinajstić information content (AvgIpc) is 2.38. The van der Waals surface area contributed by atoms with E-state index in [0.29, 0.717) is 11.7 Å². The standard InChI is InChI=1S/C11H15ClN4O/c1-13-11(17)8-3-2-4-16(7-8)10-6-14-5-9(12)15-10/h5-6,8H,2-4,7H2,1H3,(H,13,17). The molecular formula is C11H15ClN4O. The van der Waals surface area contributed by atoms with Crippen molar-refractivity contribution in [3.63, 3.8) is 0 Å². The van der Waals surface area contributed by atoms with Gasteiger partial charge < -0.3 is 10.2 Å². The summed E-state index contributed by atoms with van der Waals surface area (Å²) in [6.45, 7) is 1.57. The van der Waals surface area contributed by atoms with Crippen LogP contribution in [0.5, 0.6) is 0 Å². The van der Waals surface area contributed by atoms with Crippen LogP contribution < -0.4 is 10.2 Å². The summed E-state index contributed by atoms with van der Waals surface area (Å²) in [5, 5.41) is 3.07. The van der Waals surface area contributed by atoms with E-state index in [2.05, 4.69) is 20.2 Å². The summed E-state index contributed by atoms with van der Waals surface area (Å²) in [7, 11) is 1.67. The second-order valence-electron chi connectivity index (χ2n) is 4.10. The number of anilines is 1. The van der Waals surface area contributed by atoms with Crippen LogP contribution in [0.15, 0.2) is 12.4 Å². The van der Waals surface area contributed by atoms with Gasteiger partial charge in [0.25, 0.3) is 0 Å². The van der Waals surface area contributed by atoms with Gasteiger partial charge in [0.1, 0.15) is 11.0 Å². The monoisotopic (exact) mass is 254 g/mol. The molecule has 0 spiro atoms. The van der Waals surface area contributed by atoms with Gasteiger partial charge in [0, 0.05) is 20.1 Å². The molecule has 2 heterocycles. The molecule has 5 nitrogen and oxygen atoms in total. The highest BCUT2D eigenvalue weighted by molar-refractivity contribution is 6.29. The summed E-state index contributed by atoms with van der Waals surface area (Å²) in [6, 6.07) is 0. The molecule has 1 atom stereocenters. The zero-order valence-electron chi connectivity index (χ0n) is 9.69. The molecule has 1 unspecified atom stereocenters. The third-order valence-corrected chi connectivity index (χ3v) is 3.14. The van der Waals surface area contributed by atoms with E-state index >= 15 is 0 Å². The van der Waals surface area contributed by atoms with Gasteiger partial charge in [0.05, 0.1) is 18.3 Å². The maximum atomic E-state index is 11.6. The number of amides is 1. The van der Waals surface area contributed by atoms with Gasteiger partial charge >= 0.3 is 0 Å². The quantitative estimate of drug-likeness (QED) is 0.859. The van der Waals surface area contributed by atoms with Crippen LogP contribution in [-0.4, -0.2) is 36.0 Å². The molecular weight excluding hydrogens is 240 g/mol. The van der Waals surface area contributed by atoms with Crippen molar-refractivity contribution in [2.75, 3.05) is 25.0 Å². The fraction of sp³-hybridized carbons (Fsp3) is 0.545. The van der Waals surface area contributed by atoms with Crippen molar-refractivity contribution in [3.05, 3.63) is 17.5 Å². The minimum Gasteiger partial charge on any atom is -0.359 e. The smallest absolute Gasteiger partial charge is 0.224 e. The highest BCUT2D eigenvalue weighted by Gasteiger charge is 2.25. The normalized spacial score (nSPS) is 20.1. The number of piperidine rings is 1. The molecule has 0 aliphatic carbocycles. The van der Waals surface area contributed by atoms with Gasteiger partial charge in [-0.1, -0.05) is 11.6 Å². The Morgan fingerprint density at radius 1 is 1.59 bits per heavy atom. The summed E-state index contributed by atoms with van der Waals surface area (Å²) in [4.78, 5) is 21.9. The van der Waals surface area contributed by atoms with Crippen molar-refractivity contribution in [1.29, 1.82) is 0 Å². The minimum atomic E-state index is 0.0227. The number of aromatic nitrogens is 2. The average molecular weight is 255 g/mol. The molecule has 17 heavy (non-hydrogen) atoms. The Morgan fingerprint density at radius 3 is 3.12 bits per heavy atom. The molecule has 1 aliphatic heterocycles. The molecule has 0 radical (unpaired) electrons. The maximum absolute atomic E-state index is 11.6. The summed E-state index contributed by atoms with van der Waals surface area (Å²) in [5.41, 5.74) is 0. The van der Waals surface area contributed by atoms with Crippen molar-refractivity contribution in [2.45, 2.75) is 12.8 Å². The molecule has 92 valence electrons. The third-order valence-electron chi connectivity index (χ3n) is 2.96. The van der Waals surface area contributed by atoms with E-state index in [4.69, 9.17) is 11.6 Å². The van der Waals surface area contributed by atoms with Gasteiger partial charge in [-0.25, -0.2) is 4.98 Å². The molecule has 2 rings (SSSR count). The molecule has 1 aromatic rings. The Bertz CT molecular complexity index is 412. The van der Waals surface area contributed by atoms with Crippen LogP contribution in [0.4, 0.5) is 5.82 Å². The van der Waals surface area contributed by atoms with Crippen LogP contribution in [0.1, 0.15) is 12.8 Å². The van der Waals surface area contributed by atoms with Gasteiger partial charge in [-0.15, -0.1) is 0 Å². The highest BCUT2D eigenvalue weighted by Crippen LogP contribution is 2.22. The van der Waals surface area contributed by atoms with Gasteiger partial charge in [-0.2, -0.15) is 0 Å². The molecule has 1 aromatic heterocycles. The molecule has 0 aromatic carbocycles. The Labute approximate surface area is 105 Å². The largest absolute Gasteiger partial charge is 0.359 e. The number of hydrogen-bond donors (Lipinski definition) is 1. The Hall–Kier alpha value is -1.36. The summed E-state index contributed by atoms with van der Waals surface area (Å²) in [5.74, 6) is 0.852. The number of nitrogens with zero attached hydrogens (tertiary/aromatic N) is 3. The second kappa shape index (κ2) is 5.31. The lowest BCUT2D eigenvalue weighted by Gasteiger charge is -2.32.